The summed E-state index contributed by atoms with van der Waals surface area (Å²) in [7, 11) is 0. The molecular formula is C23H27N5O2. The summed E-state index contributed by atoms with van der Waals surface area (Å²) >= 11 is 0. The van der Waals surface area contributed by atoms with Crippen LogP contribution in [0.2, 0.25) is 0 Å². The number of carbonyl (C=O) groups is 2. The van der Waals surface area contributed by atoms with Crippen LogP contribution in [-0.4, -0.2) is 64.3 Å². The van der Waals surface area contributed by atoms with Gasteiger partial charge in [0.1, 0.15) is 5.69 Å². The zero-order valence-corrected chi connectivity index (χ0v) is 17.1. The maximum atomic E-state index is 13.1. The van der Waals surface area contributed by atoms with Crippen molar-refractivity contribution in [1.29, 1.82) is 0 Å². The molecule has 0 unspecified atom stereocenters. The molecule has 2 spiro atoms. The van der Waals surface area contributed by atoms with Gasteiger partial charge < -0.3 is 10.2 Å². The zero-order valence-electron chi connectivity index (χ0n) is 17.1. The summed E-state index contributed by atoms with van der Waals surface area (Å²) in [6.45, 7) is 4.57. The number of nitrogens with one attached hydrogen (secondary N) is 1. The number of aromatic nitrogens is 2. The molecule has 3 aliphatic rings. The van der Waals surface area contributed by atoms with Crippen LogP contribution < -0.4 is 5.32 Å². The van der Waals surface area contributed by atoms with Crippen molar-refractivity contribution in [1.82, 2.24) is 25.1 Å². The van der Waals surface area contributed by atoms with Gasteiger partial charge in [-0.2, -0.15) is 0 Å². The summed E-state index contributed by atoms with van der Waals surface area (Å²) < 4.78 is 0. The van der Waals surface area contributed by atoms with Crippen LogP contribution in [0.4, 0.5) is 0 Å². The number of piperidine rings is 1. The summed E-state index contributed by atoms with van der Waals surface area (Å²) in [5.74, 6) is 0.182. The standard InChI is InChI=1S/C23H27N5O2/c29-20(19-5-1-2-10-25-19)28-12-7-22(8-13-28)16-27(15-18-4-3-9-24-14-18)17-23(22)6-11-26-21(23)30/h1-5,9-10,14H,6-8,11-13,15-17H2,(H,26,30)/t23-/m1/s1. The van der Waals surface area contributed by atoms with E-state index in [1.165, 1.54) is 5.56 Å². The van der Waals surface area contributed by atoms with Gasteiger partial charge >= 0.3 is 0 Å². The summed E-state index contributed by atoms with van der Waals surface area (Å²) in [6, 6.07) is 9.48. The Kier molecular flexibility index (Phi) is 4.77. The zero-order chi connectivity index (χ0) is 20.6. The predicted molar refractivity (Wildman–Crippen MR) is 111 cm³/mol. The van der Waals surface area contributed by atoms with Crippen molar-refractivity contribution in [2.24, 2.45) is 10.8 Å². The molecule has 5 rings (SSSR count). The molecule has 2 aromatic rings. The highest BCUT2D eigenvalue weighted by Crippen LogP contribution is 2.56. The molecule has 7 heteroatoms. The first kappa shape index (κ1) is 19.2. The Morgan fingerprint density at radius 2 is 1.93 bits per heavy atom. The molecule has 0 saturated carbocycles. The molecule has 3 fully saturated rings. The molecule has 1 atom stereocenters. The van der Waals surface area contributed by atoms with E-state index in [1.54, 1.807) is 18.5 Å². The number of amides is 2. The molecular weight excluding hydrogens is 378 g/mol. The Morgan fingerprint density at radius 1 is 1.07 bits per heavy atom. The van der Waals surface area contributed by atoms with Crippen LogP contribution in [0.15, 0.2) is 48.9 Å². The molecule has 3 saturated heterocycles. The Balaban J connectivity index is 1.35. The van der Waals surface area contributed by atoms with Gasteiger partial charge in [-0.05, 0) is 43.0 Å². The lowest BCUT2D eigenvalue weighted by molar-refractivity contribution is -0.133. The largest absolute Gasteiger partial charge is 0.356 e. The molecule has 2 amide bonds. The van der Waals surface area contributed by atoms with Crippen LogP contribution in [0.3, 0.4) is 0 Å². The van der Waals surface area contributed by atoms with Crippen LogP contribution in [0.1, 0.15) is 35.3 Å². The quantitative estimate of drug-likeness (QED) is 0.841. The van der Waals surface area contributed by atoms with E-state index in [2.05, 4.69) is 26.3 Å². The highest BCUT2D eigenvalue weighted by Gasteiger charge is 2.63. The Bertz CT molecular complexity index is 927. The second kappa shape index (κ2) is 7.47. The maximum Gasteiger partial charge on any atom is 0.272 e. The number of fused-ring (bicyclic) bond motifs is 1. The number of hydrogen-bond acceptors (Lipinski definition) is 5. The van der Waals surface area contributed by atoms with Gasteiger partial charge in [0.15, 0.2) is 0 Å². The van der Waals surface area contributed by atoms with Crippen molar-refractivity contribution in [3.05, 3.63) is 60.2 Å². The van der Waals surface area contributed by atoms with Crippen molar-refractivity contribution in [2.45, 2.75) is 25.8 Å². The SMILES string of the molecule is O=C(c1ccccn1)N1CCC2(CC1)CN(Cc1cccnc1)C[C@@]21CCNC1=O. The van der Waals surface area contributed by atoms with E-state index in [0.717, 1.165) is 45.4 Å². The van der Waals surface area contributed by atoms with E-state index in [4.69, 9.17) is 0 Å². The summed E-state index contributed by atoms with van der Waals surface area (Å²) in [4.78, 5) is 38.7. The van der Waals surface area contributed by atoms with Gasteiger partial charge in [-0.25, -0.2) is 0 Å². The van der Waals surface area contributed by atoms with Gasteiger partial charge in [-0.15, -0.1) is 0 Å². The molecule has 7 nitrogen and oxygen atoms in total. The molecule has 0 aliphatic carbocycles. The van der Waals surface area contributed by atoms with E-state index >= 15 is 0 Å². The second-order valence-electron chi connectivity index (χ2n) is 8.88. The van der Waals surface area contributed by atoms with Crippen molar-refractivity contribution < 1.29 is 9.59 Å². The Labute approximate surface area is 176 Å². The number of hydrogen-bond donors (Lipinski definition) is 1. The summed E-state index contributed by atoms with van der Waals surface area (Å²) in [5, 5.41) is 3.10. The van der Waals surface area contributed by atoms with Crippen molar-refractivity contribution >= 4 is 11.8 Å². The minimum absolute atomic E-state index is 0.0133. The van der Waals surface area contributed by atoms with E-state index in [0.29, 0.717) is 18.8 Å². The first-order chi connectivity index (χ1) is 14.6. The number of likely N-dealkylation sites (tertiary alicyclic amines) is 2. The first-order valence-electron chi connectivity index (χ1n) is 10.7. The first-order valence-corrected chi connectivity index (χ1v) is 10.7. The van der Waals surface area contributed by atoms with Crippen LogP contribution >= 0.6 is 0 Å². The fourth-order valence-corrected chi connectivity index (χ4v) is 5.80. The van der Waals surface area contributed by atoms with Gasteiger partial charge in [0.2, 0.25) is 5.91 Å². The molecule has 30 heavy (non-hydrogen) atoms. The highest BCUT2D eigenvalue weighted by molar-refractivity contribution is 5.92. The smallest absolute Gasteiger partial charge is 0.272 e. The number of rotatable bonds is 3. The van der Waals surface area contributed by atoms with E-state index in [1.807, 2.05) is 29.3 Å². The third-order valence-corrected chi connectivity index (χ3v) is 7.33. The fraction of sp³-hybridized carbons (Fsp3) is 0.478. The second-order valence-corrected chi connectivity index (χ2v) is 8.88. The van der Waals surface area contributed by atoms with Gasteiger partial charge in [0, 0.05) is 63.3 Å². The van der Waals surface area contributed by atoms with Crippen molar-refractivity contribution in [3.63, 3.8) is 0 Å². The van der Waals surface area contributed by atoms with E-state index < -0.39 is 0 Å². The van der Waals surface area contributed by atoms with Crippen LogP contribution in [0, 0.1) is 10.8 Å². The van der Waals surface area contributed by atoms with Crippen LogP contribution in [-0.2, 0) is 11.3 Å². The molecule has 0 radical (unpaired) electrons. The average Bonchev–Trinajstić information content (AvgIpc) is 3.30. The Morgan fingerprint density at radius 3 is 2.60 bits per heavy atom. The highest BCUT2D eigenvalue weighted by atomic mass is 16.2. The number of carbonyl (C=O) groups excluding carboxylic acids is 2. The molecule has 156 valence electrons. The Hall–Kier alpha value is -2.80. The predicted octanol–water partition coefficient (Wildman–Crippen LogP) is 1.72. The normalized spacial score (nSPS) is 25.7. The number of pyridine rings is 2. The van der Waals surface area contributed by atoms with Gasteiger partial charge in [-0.3, -0.25) is 24.5 Å². The van der Waals surface area contributed by atoms with Crippen molar-refractivity contribution in [2.75, 3.05) is 32.7 Å². The third-order valence-electron chi connectivity index (χ3n) is 7.33. The van der Waals surface area contributed by atoms with Crippen LogP contribution in [0.5, 0.6) is 0 Å². The molecule has 0 aromatic carbocycles. The maximum absolute atomic E-state index is 13.1. The molecule has 5 heterocycles. The van der Waals surface area contributed by atoms with Crippen LogP contribution in [0.25, 0.3) is 0 Å². The van der Waals surface area contributed by atoms with Gasteiger partial charge in [-0.1, -0.05) is 12.1 Å². The average molecular weight is 406 g/mol. The van der Waals surface area contributed by atoms with Gasteiger partial charge in [0.05, 0.1) is 5.41 Å². The lowest BCUT2D eigenvalue weighted by Gasteiger charge is -2.46. The lowest BCUT2D eigenvalue weighted by Crippen LogP contribution is -2.53. The monoisotopic (exact) mass is 405 g/mol. The third kappa shape index (κ3) is 3.08. The molecule has 3 aliphatic heterocycles. The fourth-order valence-electron chi connectivity index (χ4n) is 5.80. The van der Waals surface area contributed by atoms with E-state index in [-0.39, 0.29) is 22.6 Å². The summed E-state index contributed by atoms with van der Waals surface area (Å²) in [6.07, 6.45) is 7.92. The summed E-state index contributed by atoms with van der Waals surface area (Å²) in [5.41, 5.74) is 1.23. The molecule has 1 N–H and O–H groups in total. The van der Waals surface area contributed by atoms with Gasteiger partial charge in [0.25, 0.3) is 5.91 Å². The van der Waals surface area contributed by atoms with Crippen molar-refractivity contribution in [3.8, 4) is 0 Å². The lowest BCUT2D eigenvalue weighted by atomic mass is 9.60. The minimum atomic E-state index is -0.352. The topological polar surface area (TPSA) is 78.4 Å². The molecule has 0 bridgehead atoms. The minimum Gasteiger partial charge on any atom is -0.356 e. The number of nitrogens with zero attached hydrogens (tertiary/aromatic N) is 4. The molecule has 2 aromatic heterocycles. The van der Waals surface area contributed by atoms with E-state index in [9.17, 15) is 9.59 Å².